The van der Waals surface area contributed by atoms with Gasteiger partial charge >= 0.3 is 0 Å². The van der Waals surface area contributed by atoms with Gasteiger partial charge in [-0.2, -0.15) is 0 Å². The number of ether oxygens (including phenoxy) is 1. The van der Waals surface area contributed by atoms with Crippen LogP contribution < -0.4 is 9.64 Å². The summed E-state index contributed by atoms with van der Waals surface area (Å²) in [7, 11) is 1.71. The molecule has 1 unspecified atom stereocenters. The summed E-state index contributed by atoms with van der Waals surface area (Å²) in [5.74, 6) is 3.41. The van der Waals surface area contributed by atoms with Gasteiger partial charge in [-0.1, -0.05) is 12.1 Å². The molecule has 4 heteroatoms. The lowest BCUT2D eigenvalue weighted by atomic mass is 9.95. The Bertz CT molecular complexity index is 615. The van der Waals surface area contributed by atoms with Gasteiger partial charge in [0.15, 0.2) is 0 Å². The third kappa shape index (κ3) is 2.93. The highest BCUT2D eigenvalue weighted by Crippen LogP contribution is 2.33. The van der Waals surface area contributed by atoms with Crippen LogP contribution in [0.1, 0.15) is 19.3 Å². The van der Waals surface area contributed by atoms with Gasteiger partial charge in [-0.05, 0) is 37.3 Å². The number of piperidine rings is 1. The SMILES string of the molecule is COc1cccc2c(N3CCCC(CCCl)C3)nccc12. The first-order chi connectivity index (χ1) is 10.3. The van der Waals surface area contributed by atoms with Crippen molar-refractivity contribution >= 4 is 28.2 Å². The molecule has 0 amide bonds. The van der Waals surface area contributed by atoms with Crippen molar-refractivity contribution in [1.82, 2.24) is 4.98 Å². The maximum absolute atomic E-state index is 5.91. The quantitative estimate of drug-likeness (QED) is 0.796. The summed E-state index contributed by atoms with van der Waals surface area (Å²) in [6, 6.07) is 8.19. The van der Waals surface area contributed by atoms with Crippen molar-refractivity contribution in [3.63, 3.8) is 0 Å². The minimum atomic E-state index is 0.680. The van der Waals surface area contributed by atoms with Gasteiger partial charge in [0.2, 0.25) is 0 Å². The molecule has 1 aliphatic heterocycles. The van der Waals surface area contributed by atoms with E-state index < -0.39 is 0 Å². The molecule has 3 rings (SSSR count). The molecule has 0 saturated carbocycles. The lowest BCUT2D eigenvalue weighted by Gasteiger charge is -2.34. The van der Waals surface area contributed by atoms with Crippen LogP contribution in [0.5, 0.6) is 5.75 Å². The average Bonchev–Trinajstić information content (AvgIpc) is 2.54. The fourth-order valence-electron chi connectivity index (χ4n) is 3.24. The Kier molecular flexibility index (Phi) is 4.49. The monoisotopic (exact) mass is 304 g/mol. The molecule has 0 spiro atoms. The number of hydrogen-bond donors (Lipinski definition) is 0. The topological polar surface area (TPSA) is 25.4 Å². The highest BCUT2D eigenvalue weighted by Gasteiger charge is 2.22. The molecule has 0 bridgehead atoms. The summed E-state index contributed by atoms with van der Waals surface area (Å²) in [5.41, 5.74) is 0. The first kappa shape index (κ1) is 14.5. The molecule has 2 heterocycles. The molecule has 0 aliphatic carbocycles. The minimum Gasteiger partial charge on any atom is -0.496 e. The standard InChI is InChI=1S/C17H21ClN2O/c1-21-16-6-2-5-15-14(16)8-10-19-17(15)20-11-3-4-13(12-20)7-9-18/h2,5-6,8,10,13H,3-4,7,9,11-12H2,1H3. The first-order valence-electron chi connectivity index (χ1n) is 7.56. The van der Waals surface area contributed by atoms with E-state index in [0.29, 0.717) is 5.92 Å². The molecule has 1 saturated heterocycles. The van der Waals surface area contributed by atoms with Crippen LogP contribution in [0.4, 0.5) is 5.82 Å². The van der Waals surface area contributed by atoms with E-state index in [-0.39, 0.29) is 0 Å². The summed E-state index contributed by atoms with van der Waals surface area (Å²) >= 11 is 5.91. The van der Waals surface area contributed by atoms with E-state index in [1.807, 2.05) is 24.4 Å². The number of fused-ring (bicyclic) bond motifs is 1. The Hall–Kier alpha value is -1.48. The van der Waals surface area contributed by atoms with Gasteiger partial charge in [0.1, 0.15) is 11.6 Å². The third-order valence-corrected chi connectivity index (χ3v) is 4.52. The lowest BCUT2D eigenvalue weighted by Crippen LogP contribution is -2.36. The fraction of sp³-hybridized carbons (Fsp3) is 0.471. The molecule has 1 aromatic heterocycles. The van der Waals surface area contributed by atoms with Gasteiger partial charge < -0.3 is 9.64 Å². The minimum absolute atomic E-state index is 0.680. The highest BCUT2D eigenvalue weighted by molar-refractivity contribution is 6.17. The molecule has 1 aromatic carbocycles. The summed E-state index contributed by atoms with van der Waals surface area (Å²) in [4.78, 5) is 7.04. The van der Waals surface area contributed by atoms with Crippen molar-refractivity contribution in [2.45, 2.75) is 19.3 Å². The van der Waals surface area contributed by atoms with Crippen molar-refractivity contribution in [3.8, 4) is 5.75 Å². The van der Waals surface area contributed by atoms with Crippen LogP contribution in [-0.4, -0.2) is 31.1 Å². The Morgan fingerprint density at radius 2 is 2.24 bits per heavy atom. The van der Waals surface area contributed by atoms with E-state index in [1.54, 1.807) is 7.11 Å². The molecule has 1 fully saturated rings. The van der Waals surface area contributed by atoms with Crippen LogP contribution >= 0.6 is 11.6 Å². The smallest absolute Gasteiger partial charge is 0.136 e. The van der Waals surface area contributed by atoms with Crippen molar-refractivity contribution in [2.24, 2.45) is 5.92 Å². The second kappa shape index (κ2) is 6.52. The molecular weight excluding hydrogens is 284 g/mol. The average molecular weight is 305 g/mol. The third-order valence-electron chi connectivity index (χ3n) is 4.30. The molecule has 0 N–H and O–H groups in total. The van der Waals surface area contributed by atoms with Crippen LogP contribution in [0.2, 0.25) is 0 Å². The summed E-state index contributed by atoms with van der Waals surface area (Å²) in [6.45, 7) is 2.12. The zero-order chi connectivity index (χ0) is 14.7. The molecule has 3 nitrogen and oxygen atoms in total. The van der Waals surface area contributed by atoms with E-state index in [0.717, 1.165) is 42.3 Å². The highest BCUT2D eigenvalue weighted by atomic mass is 35.5. The largest absolute Gasteiger partial charge is 0.496 e. The molecule has 1 atom stereocenters. The van der Waals surface area contributed by atoms with Gasteiger partial charge in [0, 0.05) is 35.9 Å². The molecular formula is C17H21ClN2O. The number of methoxy groups -OCH3 is 1. The maximum Gasteiger partial charge on any atom is 0.136 e. The zero-order valence-electron chi connectivity index (χ0n) is 12.4. The van der Waals surface area contributed by atoms with Crippen molar-refractivity contribution in [2.75, 3.05) is 31.0 Å². The Labute approximate surface area is 130 Å². The summed E-state index contributed by atoms with van der Waals surface area (Å²) < 4.78 is 5.47. The van der Waals surface area contributed by atoms with Gasteiger partial charge in [-0.3, -0.25) is 0 Å². The predicted octanol–water partition coefficient (Wildman–Crippen LogP) is 4.09. The van der Waals surface area contributed by atoms with Gasteiger partial charge in [0.25, 0.3) is 0 Å². The zero-order valence-corrected chi connectivity index (χ0v) is 13.1. The van der Waals surface area contributed by atoms with Crippen LogP contribution in [0.3, 0.4) is 0 Å². The van der Waals surface area contributed by atoms with Crippen molar-refractivity contribution in [3.05, 3.63) is 30.5 Å². The number of hydrogen-bond acceptors (Lipinski definition) is 3. The number of aromatic nitrogens is 1. The van der Waals surface area contributed by atoms with Gasteiger partial charge in [-0.25, -0.2) is 4.98 Å². The van der Waals surface area contributed by atoms with E-state index in [2.05, 4.69) is 16.0 Å². The van der Waals surface area contributed by atoms with Crippen LogP contribution in [0, 0.1) is 5.92 Å². The summed E-state index contributed by atoms with van der Waals surface area (Å²) in [6.07, 6.45) is 5.46. The van der Waals surface area contributed by atoms with Crippen LogP contribution in [-0.2, 0) is 0 Å². The van der Waals surface area contributed by atoms with Crippen molar-refractivity contribution < 1.29 is 4.74 Å². The second-order valence-corrected chi connectivity index (χ2v) is 6.00. The number of nitrogens with zero attached hydrogens (tertiary/aromatic N) is 2. The molecule has 0 radical (unpaired) electrons. The van der Waals surface area contributed by atoms with Gasteiger partial charge in [-0.15, -0.1) is 11.6 Å². The number of halogens is 1. The second-order valence-electron chi connectivity index (χ2n) is 5.62. The van der Waals surface area contributed by atoms with E-state index in [1.165, 1.54) is 18.2 Å². The maximum atomic E-state index is 5.91. The number of anilines is 1. The predicted molar refractivity (Wildman–Crippen MR) is 88.6 cm³/mol. The lowest BCUT2D eigenvalue weighted by molar-refractivity contribution is 0.405. The van der Waals surface area contributed by atoms with Crippen LogP contribution in [0.25, 0.3) is 10.8 Å². The summed E-state index contributed by atoms with van der Waals surface area (Å²) in [5, 5.41) is 2.30. The molecule has 2 aromatic rings. The number of benzene rings is 1. The number of alkyl halides is 1. The molecule has 1 aliphatic rings. The van der Waals surface area contributed by atoms with E-state index in [9.17, 15) is 0 Å². The Morgan fingerprint density at radius 1 is 1.33 bits per heavy atom. The number of rotatable bonds is 4. The van der Waals surface area contributed by atoms with Crippen LogP contribution in [0.15, 0.2) is 30.5 Å². The Balaban J connectivity index is 1.96. The Morgan fingerprint density at radius 3 is 3.05 bits per heavy atom. The number of pyridine rings is 1. The normalized spacial score (nSPS) is 19.0. The van der Waals surface area contributed by atoms with Crippen molar-refractivity contribution in [1.29, 1.82) is 0 Å². The fourth-order valence-corrected chi connectivity index (χ4v) is 3.55. The van der Waals surface area contributed by atoms with E-state index >= 15 is 0 Å². The van der Waals surface area contributed by atoms with E-state index in [4.69, 9.17) is 16.3 Å². The first-order valence-corrected chi connectivity index (χ1v) is 8.09. The molecule has 21 heavy (non-hydrogen) atoms. The molecule has 112 valence electrons. The van der Waals surface area contributed by atoms with Gasteiger partial charge in [0.05, 0.1) is 7.11 Å².